The van der Waals surface area contributed by atoms with Gasteiger partial charge in [-0.2, -0.15) is 0 Å². The Bertz CT molecular complexity index is 1380. The van der Waals surface area contributed by atoms with E-state index in [0.29, 0.717) is 5.56 Å². The third kappa shape index (κ3) is 5.48. The lowest BCUT2D eigenvalue weighted by molar-refractivity contribution is 0.453. The monoisotopic (exact) mass is 460 g/mol. The first kappa shape index (κ1) is 23.6. The lowest BCUT2D eigenvalue weighted by Crippen LogP contribution is -1.95. The van der Waals surface area contributed by atoms with Crippen molar-refractivity contribution in [1.82, 2.24) is 0 Å². The number of hydrogen-bond acceptors (Lipinski definition) is 0. The molecule has 0 amide bonds. The van der Waals surface area contributed by atoms with Crippen molar-refractivity contribution >= 4 is 10.8 Å². The minimum absolute atomic E-state index is 0.0319. The van der Waals surface area contributed by atoms with Crippen molar-refractivity contribution in [3.8, 4) is 11.8 Å². The SMILES string of the molecule is CCCCc1ccc(CCc2ccc(C#Cc3ccc4c(F)c(F)c(F)cc4c3)c(F)c2)cc1. The molecule has 0 saturated carbocycles. The van der Waals surface area contributed by atoms with Crippen LogP contribution < -0.4 is 0 Å². The molecule has 0 aliphatic rings. The van der Waals surface area contributed by atoms with E-state index >= 15 is 0 Å². The van der Waals surface area contributed by atoms with Gasteiger partial charge in [0.2, 0.25) is 0 Å². The molecule has 0 spiro atoms. The maximum Gasteiger partial charge on any atom is 0.195 e. The Morgan fingerprint density at radius 2 is 1.29 bits per heavy atom. The van der Waals surface area contributed by atoms with Crippen molar-refractivity contribution in [1.29, 1.82) is 0 Å². The number of halogens is 4. The van der Waals surface area contributed by atoms with Crippen LogP contribution in [0.25, 0.3) is 10.8 Å². The van der Waals surface area contributed by atoms with Crippen LogP contribution >= 0.6 is 0 Å². The molecule has 4 aromatic rings. The Hall–Kier alpha value is -3.58. The molecule has 0 radical (unpaired) electrons. The van der Waals surface area contributed by atoms with Crippen LogP contribution in [0.3, 0.4) is 0 Å². The Balaban J connectivity index is 1.44. The molecule has 0 bridgehead atoms. The second kappa shape index (κ2) is 10.6. The highest BCUT2D eigenvalue weighted by molar-refractivity contribution is 5.84. The van der Waals surface area contributed by atoms with Crippen LogP contribution in [0.5, 0.6) is 0 Å². The molecule has 0 saturated heterocycles. The van der Waals surface area contributed by atoms with E-state index in [9.17, 15) is 17.6 Å². The highest BCUT2D eigenvalue weighted by Crippen LogP contribution is 2.24. The molecule has 4 heteroatoms. The van der Waals surface area contributed by atoms with E-state index in [1.807, 2.05) is 6.07 Å². The van der Waals surface area contributed by atoms with Gasteiger partial charge in [0.15, 0.2) is 17.5 Å². The van der Waals surface area contributed by atoms with Crippen LogP contribution in [0.1, 0.15) is 47.6 Å². The van der Waals surface area contributed by atoms with Crippen LogP contribution in [0.2, 0.25) is 0 Å². The lowest BCUT2D eigenvalue weighted by Gasteiger charge is -2.05. The van der Waals surface area contributed by atoms with Crippen molar-refractivity contribution in [3.63, 3.8) is 0 Å². The lowest BCUT2D eigenvalue weighted by atomic mass is 10.0. The van der Waals surface area contributed by atoms with Crippen molar-refractivity contribution in [2.75, 3.05) is 0 Å². The fraction of sp³-hybridized carbons (Fsp3) is 0.200. The Morgan fingerprint density at radius 3 is 2.00 bits per heavy atom. The van der Waals surface area contributed by atoms with Gasteiger partial charge in [-0.05, 0) is 78.1 Å². The summed E-state index contributed by atoms with van der Waals surface area (Å²) < 4.78 is 55.4. The molecular formula is C30H24F4. The molecule has 0 atom stereocenters. The normalized spacial score (nSPS) is 10.9. The number of benzene rings is 4. The molecule has 172 valence electrons. The van der Waals surface area contributed by atoms with E-state index in [0.717, 1.165) is 30.9 Å². The van der Waals surface area contributed by atoms with E-state index in [1.54, 1.807) is 6.07 Å². The number of rotatable bonds is 6. The molecule has 0 fully saturated rings. The van der Waals surface area contributed by atoms with Crippen molar-refractivity contribution in [2.45, 2.75) is 39.0 Å². The van der Waals surface area contributed by atoms with Gasteiger partial charge in [-0.25, -0.2) is 17.6 Å². The topological polar surface area (TPSA) is 0 Å². The van der Waals surface area contributed by atoms with E-state index in [2.05, 4.69) is 43.0 Å². The number of aryl methyl sites for hydroxylation is 3. The molecule has 4 rings (SSSR count). The van der Waals surface area contributed by atoms with E-state index in [1.165, 1.54) is 48.2 Å². The smallest absolute Gasteiger partial charge is 0.195 e. The third-order valence-corrected chi connectivity index (χ3v) is 5.89. The molecule has 0 aliphatic carbocycles. The minimum Gasteiger partial charge on any atom is -0.206 e. The molecule has 0 aromatic heterocycles. The first-order valence-electron chi connectivity index (χ1n) is 11.4. The molecular weight excluding hydrogens is 436 g/mol. The average molecular weight is 461 g/mol. The predicted molar refractivity (Wildman–Crippen MR) is 129 cm³/mol. The van der Waals surface area contributed by atoms with Gasteiger partial charge in [0, 0.05) is 10.9 Å². The van der Waals surface area contributed by atoms with Gasteiger partial charge in [0.05, 0.1) is 5.56 Å². The standard InChI is InChI=1S/C30H24F4/c1-2-3-4-20-5-7-21(8-6-20)9-10-23-12-15-24(27(31)18-23)14-11-22-13-16-26-25(17-22)19-28(32)30(34)29(26)33/h5-8,12-13,15-19H,2-4,9-10H2,1H3. The van der Waals surface area contributed by atoms with Crippen LogP contribution in [0.15, 0.2) is 66.7 Å². The van der Waals surface area contributed by atoms with E-state index in [4.69, 9.17) is 0 Å². The summed E-state index contributed by atoms with van der Waals surface area (Å²) in [6.07, 6.45) is 5.00. The van der Waals surface area contributed by atoms with Gasteiger partial charge in [-0.1, -0.05) is 61.6 Å². The summed E-state index contributed by atoms with van der Waals surface area (Å²) in [5.74, 6) is 1.18. The van der Waals surface area contributed by atoms with Crippen LogP contribution in [-0.4, -0.2) is 0 Å². The Morgan fingerprint density at radius 1 is 0.618 bits per heavy atom. The molecule has 0 heterocycles. The summed E-state index contributed by atoms with van der Waals surface area (Å²) in [6.45, 7) is 2.18. The van der Waals surface area contributed by atoms with Gasteiger partial charge >= 0.3 is 0 Å². The van der Waals surface area contributed by atoms with Crippen molar-refractivity contribution in [2.24, 2.45) is 0 Å². The highest BCUT2D eigenvalue weighted by Gasteiger charge is 2.13. The largest absolute Gasteiger partial charge is 0.206 e. The number of hydrogen-bond donors (Lipinski definition) is 0. The fourth-order valence-corrected chi connectivity index (χ4v) is 3.88. The summed E-state index contributed by atoms with van der Waals surface area (Å²) in [7, 11) is 0. The maximum absolute atomic E-state index is 14.6. The minimum atomic E-state index is -1.50. The molecule has 0 aliphatic heterocycles. The number of fused-ring (bicyclic) bond motifs is 1. The molecule has 0 N–H and O–H groups in total. The van der Waals surface area contributed by atoms with Crippen LogP contribution in [0, 0.1) is 35.1 Å². The molecule has 34 heavy (non-hydrogen) atoms. The van der Waals surface area contributed by atoms with E-state index < -0.39 is 23.3 Å². The van der Waals surface area contributed by atoms with Gasteiger partial charge < -0.3 is 0 Å². The van der Waals surface area contributed by atoms with E-state index in [-0.39, 0.29) is 16.3 Å². The van der Waals surface area contributed by atoms with Gasteiger partial charge in [0.1, 0.15) is 5.82 Å². The first-order chi connectivity index (χ1) is 16.4. The average Bonchev–Trinajstić information content (AvgIpc) is 2.84. The second-order valence-corrected chi connectivity index (χ2v) is 8.41. The zero-order chi connectivity index (χ0) is 24.1. The maximum atomic E-state index is 14.6. The van der Waals surface area contributed by atoms with Crippen LogP contribution in [-0.2, 0) is 19.3 Å². The van der Waals surface area contributed by atoms with Gasteiger partial charge in [0.25, 0.3) is 0 Å². The zero-order valence-electron chi connectivity index (χ0n) is 18.9. The quantitative estimate of drug-likeness (QED) is 0.156. The van der Waals surface area contributed by atoms with Crippen molar-refractivity contribution in [3.05, 3.63) is 118 Å². The first-order valence-corrected chi connectivity index (χ1v) is 11.4. The molecule has 4 aromatic carbocycles. The summed E-state index contributed by atoms with van der Waals surface area (Å²) in [6, 6.07) is 18.8. The second-order valence-electron chi connectivity index (χ2n) is 8.41. The van der Waals surface area contributed by atoms with Crippen LogP contribution in [0.4, 0.5) is 17.6 Å². The van der Waals surface area contributed by atoms with Crippen molar-refractivity contribution < 1.29 is 17.6 Å². The van der Waals surface area contributed by atoms with Gasteiger partial charge in [-0.15, -0.1) is 0 Å². The summed E-state index contributed by atoms with van der Waals surface area (Å²) >= 11 is 0. The molecule has 0 unspecified atom stereocenters. The predicted octanol–water partition coefficient (Wildman–Crippen LogP) is 7.92. The summed E-state index contributed by atoms with van der Waals surface area (Å²) in [4.78, 5) is 0. The highest BCUT2D eigenvalue weighted by atomic mass is 19.2. The Kier molecular flexibility index (Phi) is 7.33. The molecule has 0 nitrogen and oxygen atoms in total. The Labute approximate surface area is 197 Å². The van der Waals surface area contributed by atoms with Gasteiger partial charge in [-0.3, -0.25) is 0 Å². The summed E-state index contributed by atoms with van der Waals surface area (Å²) in [5.41, 5.74) is 4.13. The fourth-order valence-electron chi connectivity index (χ4n) is 3.88. The third-order valence-electron chi connectivity index (χ3n) is 5.89. The zero-order valence-corrected chi connectivity index (χ0v) is 18.9. The summed E-state index contributed by atoms with van der Waals surface area (Å²) in [5, 5.41) is 0.160. The number of unbranched alkanes of at least 4 members (excludes halogenated alkanes) is 1.